The van der Waals surface area contributed by atoms with Crippen molar-refractivity contribution in [2.75, 3.05) is 26.2 Å². The third-order valence-corrected chi connectivity index (χ3v) is 7.41. The van der Waals surface area contributed by atoms with E-state index in [2.05, 4.69) is 39.4 Å². The predicted octanol–water partition coefficient (Wildman–Crippen LogP) is 4.83. The Kier molecular flexibility index (Phi) is 9.15. The second kappa shape index (κ2) is 11.9. The molecule has 0 unspecified atom stereocenters. The van der Waals surface area contributed by atoms with Gasteiger partial charge in [-0.1, -0.05) is 74.5 Å². The fraction of sp³-hybridized carbons (Fsp3) is 0.500. The van der Waals surface area contributed by atoms with Crippen molar-refractivity contribution >= 4 is 24.2 Å². The number of carbonyl (C=O) groups excluding carboxylic acids is 2. The first-order valence-corrected chi connectivity index (χ1v) is 12.4. The summed E-state index contributed by atoms with van der Waals surface area (Å²) in [6, 6.07) is 20.6. The molecular weight excluding hydrogens is 446 g/mol. The minimum absolute atomic E-state index is 0. The van der Waals surface area contributed by atoms with E-state index in [0.717, 1.165) is 64.0 Å². The van der Waals surface area contributed by atoms with E-state index in [9.17, 15) is 9.59 Å². The van der Waals surface area contributed by atoms with Crippen LogP contribution in [0.2, 0.25) is 0 Å². The lowest BCUT2D eigenvalue weighted by Gasteiger charge is -2.38. The van der Waals surface area contributed by atoms with Gasteiger partial charge >= 0.3 is 0 Å². The first-order chi connectivity index (χ1) is 16.0. The maximum absolute atomic E-state index is 13.3. The Morgan fingerprint density at radius 3 is 2.15 bits per heavy atom. The van der Waals surface area contributed by atoms with Crippen LogP contribution in [-0.4, -0.2) is 47.8 Å². The minimum atomic E-state index is -0.171. The molecule has 6 heteroatoms. The highest BCUT2D eigenvalue weighted by atomic mass is 35.5. The first-order valence-electron chi connectivity index (χ1n) is 12.4. The van der Waals surface area contributed by atoms with Crippen molar-refractivity contribution in [2.45, 2.75) is 52.1 Å². The fourth-order valence-corrected chi connectivity index (χ4v) is 5.17. The van der Waals surface area contributed by atoms with Gasteiger partial charge in [-0.05, 0) is 49.9 Å². The zero-order chi connectivity index (χ0) is 23.3. The van der Waals surface area contributed by atoms with Gasteiger partial charge < -0.3 is 15.1 Å². The average Bonchev–Trinajstić information content (AvgIpc) is 3.13. The van der Waals surface area contributed by atoms with Crippen LogP contribution >= 0.6 is 12.4 Å². The molecule has 0 aromatic heterocycles. The summed E-state index contributed by atoms with van der Waals surface area (Å²) in [5.41, 5.74) is 2.19. The zero-order valence-corrected chi connectivity index (χ0v) is 21.2. The molecule has 1 spiro atoms. The van der Waals surface area contributed by atoms with Gasteiger partial charge in [-0.2, -0.15) is 0 Å². The van der Waals surface area contributed by atoms with Crippen molar-refractivity contribution in [2.24, 2.45) is 11.3 Å². The van der Waals surface area contributed by atoms with Gasteiger partial charge in [0.2, 0.25) is 11.8 Å². The third-order valence-electron chi connectivity index (χ3n) is 7.41. The topological polar surface area (TPSA) is 52.7 Å². The number of rotatable bonds is 8. The summed E-state index contributed by atoms with van der Waals surface area (Å²) in [6.07, 6.45) is 3.73. The molecule has 2 heterocycles. The number of hydrogen-bond acceptors (Lipinski definition) is 3. The van der Waals surface area contributed by atoms with Crippen molar-refractivity contribution in [1.82, 2.24) is 15.1 Å². The molecule has 2 aromatic rings. The van der Waals surface area contributed by atoms with Crippen LogP contribution in [0.3, 0.4) is 0 Å². The van der Waals surface area contributed by atoms with Crippen LogP contribution in [0.4, 0.5) is 0 Å². The Morgan fingerprint density at radius 1 is 0.941 bits per heavy atom. The number of benzene rings is 2. The van der Waals surface area contributed by atoms with E-state index in [1.807, 2.05) is 50.2 Å². The van der Waals surface area contributed by atoms with Gasteiger partial charge in [0, 0.05) is 25.6 Å². The van der Waals surface area contributed by atoms with Crippen LogP contribution in [0.15, 0.2) is 60.7 Å². The van der Waals surface area contributed by atoms with E-state index in [4.69, 9.17) is 0 Å². The Hall–Kier alpha value is -2.37. The molecular formula is C28H38ClN3O2. The maximum Gasteiger partial charge on any atom is 0.229 e. The van der Waals surface area contributed by atoms with Crippen LogP contribution in [0.25, 0.3) is 0 Å². The van der Waals surface area contributed by atoms with E-state index in [1.54, 1.807) is 0 Å². The molecule has 34 heavy (non-hydrogen) atoms. The van der Waals surface area contributed by atoms with Gasteiger partial charge in [-0.15, -0.1) is 12.4 Å². The lowest BCUT2D eigenvalue weighted by molar-refractivity contribution is -0.139. The third kappa shape index (κ3) is 6.19. The van der Waals surface area contributed by atoms with Crippen LogP contribution in [0, 0.1) is 11.3 Å². The largest absolute Gasteiger partial charge is 0.349 e. The van der Waals surface area contributed by atoms with E-state index >= 15 is 0 Å². The molecule has 4 rings (SSSR count). The second-order valence-electron chi connectivity index (χ2n) is 10.00. The van der Waals surface area contributed by atoms with E-state index in [1.165, 1.54) is 5.56 Å². The summed E-state index contributed by atoms with van der Waals surface area (Å²) in [7, 11) is 0. The van der Waals surface area contributed by atoms with Crippen molar-refractivity contribution in [3.63, 3.8) is 0 Å². The van der Waals surface area contributed by atoms with Gasteiger partial charge in [0.15, 0.2) is 0 Å². The second-order valence-corrected chi connectivity index (χ2v) is 10.00. The van der Waals surface area contributed by atoms with Gasteiger partial charge in [-0.3, -0.25) is 9.59 Å². The van der Waals surface area contributed by atoms with Crippen molar-refractivity contribution < 1.29 is 9.59 Å². The molecule has 2 saturated heterocycles. The Morgan fingerprint density at radius 2 is 1.53 bits per heavy atom. The summed E-state index contributed by atoms with van der Waals surface area (Å²) in [5, 5.41) is 3.23. The fourth-order valence-electron chi connectivity index (χ4n) is 5.17. The molecule has 1 atom stereocenters. The monoisotopic (exact) mass is 483 g/mol. The number of piperidine rings is 1. The Bertz CT molecular complexity index is 927. The van der Waals surface area contributed by atoms with Gasteiger partial charge in [-0.25, -0.2) is 0 Å². The predicted molar refractivity (Wildman–Crippen MR) is 139 cm³/mol. The SMILES string of the molecule is CC(C)C(=O)N[C@@H](CCN1CCC2(CC1)CCN(Cc1ccccc1)C2=O)c1ccccc1.Cl. The number of likely N-dealkylation sites (tertiary alicyclic amines) is 2. The van der Waals surface area contributed by atoms with Crippen LogP contribution in [0.1, 0.15) is 56.7 Å². The lowest BCUT2D eigenvalue weighted by Crippen LogP contribution is -2.45. The van der Waals surface area contributed by atoms with Gasteiger partial charge in [0.1, 0.15) is 0 Å². The average molecular weight is 484 g/mol. The number of nitrogens with one attached hydrogen (secondary N) is 1. The summed E-state index contributed by atoms with van der Waals surface area (Å²) in [6.45, 7) is 8.28. The number of halogens is 1. The molecule has 0 bridgehead atoms. The number of carbonyl (C=O) groups is 2. The Labute approximate surface area is 210 Å². The molecule has 1 N–H and O–H groups in total. The molecule has 2 amide bonds. The van der Waals surface area contributed by atoms with Gasteiger partial charge in [0.05, 0.1) is 11.5 Å². The zero-order valence-electron chi connectivity index (χ0n) is 20.4. The van der Waals surface area contributed by atoms with E-state index in [-0.39, 0.29) is 35.7 Å². The number of nitrogens with zero attached hydrogens (tertiary/aromatic N) is 2. The lowest BCUT2D eigenvalue weighted by atomic mass is 9.77. The quantitative estimate of drug-likeness (QED) is 0.585. The minimum Gasteiger partial charge on any atom is -0.349 e. The Balaban J connectivity index is 0.00000324. The van der Waals surface area contributed by atoms with Crippen LogP contribution in [0.5, 0.6) is 0 Å². The summed E-state index contributed by atoms with van der Waals surface area (Å²) < 4.78 is 0. The summed E-state index contributed by atoms with van der Waals surface area (Å²) in [4.78, 5) is 30.2. The molecule has 0 radical (unpaired) electrons. The van der Waals surface area contributed by atoms with Crippen molar-refractivity contribution in [3.05, 3.63) is 71.8 Å². The highest BCUT2D eigenvalue weighted by molar-refractivity contribution is 5.85. The van der Waals surface area contributed by atoms with Crippen LogP contribution in [-0.2, 0) is 16.1 Å². The smallest absolute Gasteiger partial charge is 0.229 e. The molecule has 2 aromatic carbocycles. The normalized spacial score (nSPS) is 18.7. The first kappa shape index (κ1) is 26.2. The standard InChI is InChI=1S/C28H37N3O2.ClH/c1-22(2)26(32)29-25(24-11-7-4-8-12-24)13-17-30-18-14-28(15-19-30)16-20-31(27(28)33)21-23-9-5-3-6-10-23;/h3-12,22,25H,13-21H2,1-2H3,(H,29,32);1H/t25-;/m0./s1. The highest BCUT2D eigenvalue weighted by Crippen LogP contribution is 2.42. The molecule has 184 valence electrons. The van der Waals surface area contributed by atoms with E-state index < -0.39 is 0 Å². The number of amides is 2. The molecule has 2 fully saturated rings. The van der Waals surface area contributed by atoms with Gasteiger partial charge in [0.25, 0.3) is 0 Å². The highest BCUT2D eigenvalue weighted by Gasteiger charge is 2.47. The van der Waals surface area contributed by atoms with E-state index in [0.29, 0.717) is 5.91 Å². The number of hydrogen-bond donors (Lipinski definition) is 1. The van der Waals surface area contributed by atoms with Crippen molar-refractivity contribution in [3.8, 4) is 0 Å². The van der Waals surface area contributed by atoms with Crippen LogP contribution < -0.4 is 5.32 Å². The van der Waals surface area contributed by atoms with Crippen molar-refractivity contribution in [1.29, 1.82) is 0 Å². The summed E-state index contributed by atoms with van der Waals surface area (Å²) >= 11 is 0. The molecule has 2 aliphatic heterocycles. The summed E-state index contributed by atoms with van der Waals surface area (Å²) in [5.74, 6) is 0.409. The molecule has 0 saturated carbocycles. The maximum atomic E-state index is 13.3. The molecule has 5 nitrogen and oxygen atoms in total. The molecule has 2 aliphatic rings. The molecule has 0 aliphatic carbocycles.